The highest BCUT2D eigenvalue weighted by Gasteiger charge is 2.15. The van der Waals surface area contributed by atoms with Crippen molar-refractivity contribution in [2.75, 3.05) is 0 Å². The first kappa shape index (κ1) is 15.1. The average Bonchev–Trinajstić information content (AvgIpc) is 2.79. The van der Waals surface area contributed by atoms with Gasteiger partial charge in [-0.05, 0) is 59.8 Å². The number of hydrogen-bond acceptors (Lipinski definition) is 2. The Balaban J connectivity index is 2.15. The van der Waals surface area contributed by atoms with Gasteiger partial charge in [-0.15, -0.1) is 11.3 Å². The zero-order valence-electron chi connectivity index (χ0n) is 9.91. The summed E-state index contributed by atoms with van der Waals surface area (Å²) in [7, 11) is 0. The number of carbonyl (C=O) groups excluding carboxylic acids is 1. The molecule has 2 rings (SSSR count). The first-order valence-electron chi connectivity index (χ1n) is 5.48. The summed E-state index contributed by atoms with van der Waals surface area (Å²) < 4.78 is 1.59. The number of thiophene rings is 1. The molecule has 1 aromatic heterocycles. The van der Waals surface area contributed by atoms with Crippen molar-refractivity contribution in [3.05, 3.63) is 53.7 Å². The molecule has 0 aliphatic carbocycles. The van der Waals surface area contributed by atoms with Crippen LogP contribution in [0.1, 0.15) is 28.2 Å². The van der Waals surface area contributed by atoms with Crippen LogP contribution in [0, 0.1) is 3.57 Å². The van der Waals surface area contributed by atoms with Crippen molar-refractivity contribution in [1.29, 1.82) is 0 Å². The molecule has 1 aromatic carbocycles. The maximum absolute atomic E-state index is 12.2. The molecular weight excluding hydrogens is 416 g/mol. The first-order chi connectivity index (χ1) is 8.97. The highest BCUT2D eigenvalue weighted by Crippen LogP contribution is 2.27. The minimum atomic E-state index is -0.135. The second-order valence-corrected chi connectivity index (χ2v) is 7.31. The molecule has 2 aromatic rings. The quantitative estimate of drug-likeness (QED) is 0.677. The molecule has 100 valence electrons. The van der Waals surface area contributed by atoms with Gasteiger partial charge in [0.05, 0.1) is 15.9 Å². The SMILES string of the molecule is CC(NC(=O)c1cc(Cl)ccc1I)c1ccc(Cl)s1. The van der Waals surface area contributed by atoms with Gasteiger partial charge in [-0.2, -0.15) is 0 Å². The summed E-state index contributed by atoms with van der Waals surface area (Å²) in [6, 6.07) is 8.92. The molecule has 0 aliphatic heterocycles. The standard InChI is InChI=1S/C13H10Cl2INOS/c1-7(11-4-5-12(15)19-11)17-13(18)9-6-8(14)2-3-10(9)16/h2-7H,1H3,(H,17,18). The van der Waals surface area contributed by atoms with Crippen molar-refractivity contribution in [3.8, 4) is 0 Å². The van der Waals surface area contributed by atoms with Crippen LogP contribution < -0.4 is 5.32 Å². The van der Waals surface area contributed by atoms with E-state index in [0.717, 1.165) is 8.45 Å². The summed E-state index contributed by atoms with van der Waals surface area (Å²) >= 11 is 15.4. The van der Waals surface area contributed by atoms with Gasteiger partial charge in [0.2, 0.25) is 0 Å². The van der Waals surface area contributed by atoms with E-state index in [9.17, 15) is 4.79 Å². The zero-order chi connectivity index (χ0) is 14.0. The molecule has 1 heterocycles. The van der Waals surface area contributed by atoms with E-state index in [1.165, 1.54) is 11.3 Å². The van der Waals surface area contributed by atoms with Gasteiger partial charge >= 0.3 is 0 Å². The summed E-state index contributed by atoms with van der Waals surface area (Å²) in [5.41, 5.74) is 0.586. The predicted octanol–water partition coefficient (Wildman–Crippen LogP) is 5.15. The van der Waals surface area contributed by atoms with Crippen molar-refractivity contribution in [2.24, 2.45) is 0 Å². The lowest BCUT2D eigenvalue weighted by atomic mass is 10.2. The van der Waals surface area contributed by atoms with Crippen molar-refractivity contribution in [1.82, 2.24) is 5.32 Å². The summed E-state index contributed by atoms with van der Waals surface area (Å²) in [5.74, 6) is -0.135. The van der Waals surface area contributed by atoms with E-state index in [0.29, 0.717) is 14.9 Å². The van der Waals surface area contributed by atoms with Gasteiger partial charge in [0.15, 0.2) is 0 Å². The Morgan fingerprint density at radius 1 is 1.32 bits per heavy atom. The fraction of sp³-hybridized carbons (Fsp3) is 0.154. The monoisotopic (exact) mass is 425 g/mol. The number of carbonyl (C=O) groups is 1. The fourth-order valence-electron chi connectivity index (χ4n) is 1.58. The molecule has 1 atom stereocenters. The third kappa shape index (κ3) is 3.84. The third-order valence-corrected chi connectivity index (χ3v) is 5.13. The van der Waals surface area contributed by atoms with Gasteiger partial charge in [-0.3, -0.25) is 4.79 Å². The second kappa shape index (κ2) is 6.43. The largest absolute Gasteiger partial charge is 0.345 e. The molecule has 0 bridgehead atoms. The second-order valence-electron chi connectivity index (χ2n) is 3.96. The fourth-order valence-corrected chi connectivity index (χ4v) is 3.39. The normalized spacial score (nSPS) is 12.2. The van der Waals surface area contributed by atoms with Crippen LogP contribution in [0.15, 0.2) is 30.3 Å². The van der Waals surface area contributed by atoms with Gasteiger partial charge in [0, 0.05) is 13.5 Å². The van der Waals surface area contributed by atoms with E-state index >= 15 is 0 Å². The lowest BCUT2D eigenvalue weighted by Gasteiger charge is -2.13. The van der Waals surface area contributed by atoms with Gasteiger partial charge < -0.3 is 5.32 Å². The zero-order valence-corrected chi connectivity index (χ0v) is 14.4. The van der Waals surface area contributed by atoms with Crippen LogP contribution in [0.25, 0.3) is 0 Å². The summed E-state index contributed by atoms with van der Waals surface area (Å²) in [6.45, 7) is 1.93. The molecular formula is C13H10Cl2INOS. The third-order valence-electron chi connectivity index (χ3n) is 2.54. The minimum Gasteiger partial charge on any atom is -0.345 e. The van der Waals surface area contributed by atoms with Crippen LogP contribution in [0.3, 0.4) is 0 Å². The molecule has 0 saturated heterocycles. The Kier molecular flexibility index (Phi) is 5.11. The van der Waals surface area contributed by atoms with Crippen LogP contribution in [0.5, 0.6) is 0 Å². The van der Waals surface area contributed by atoms with Crippen LogP contribution in [-0.4, -0.2) is 5.91 Å². The van der Waals surface area contributed by atoms with Crippen molar-refractivity contribution < 1.29 is 4.79 Å². The Hall–Kier alpha value is -0.300. The van der Waals surface area contributed by atoms with E-state index in [2.05, 4.69) is 27.9 Å². The van der Waals surface area contributed by atoms with Gasteiger partial charge in [0.25, 0.3) is 5.91 Å². The molecule has 2 nitrogen and oxygen atoms in total. The summed E-state index contributed by atoms with van der Waals surface area (Å²) in [6.07, 6.45) is 0. The van der Waals surface area contributed by atoms with Gasteiger partial charge in [-0.25, -0.2) is 0 Å². The summed E-state index contributed by atoms with van der Waals surface area (Å²) in [5, 5.41) is 3.50. The number of hydrogen-bond donors (Lipinski definition) is 1. The van der Waals surface area contributed by atoms with E-state index < -0.39 is 0 Å². The maximum Gasteiger partial charge on any atom is 0.252 e. The highest BCUT2D eigenvalue weighted by atomic mass is 127. The van der Waals surface area contributed by atoms with Gasteiger partial charge in [-0.1, -0.05) is 23.2 Å². The van der Waals surface area contributed by atoms with Crippen molar-refractivity contribution in [2.45, 2.75) is 13.0 Å². The minimum absolute atomic E-state index is 0.0835. The average molecular weight is 426 g/mol. The Labute approximate surface area is 139 Å². The van der Waals surface area contributed by atoms with E-state index in [-0.39, 0.29) is 11.9 Å². The number of rotatable bonds is 3. The predicted molar refractivity (Wildman–Crippen MR) is 89.4 cm³/mol. The molecule has 6 heteroatoms. The highest BCUT2D eigenvalue weighted by molar-refractivity contribution is 14.1. The topological polar surface area (TPSA) is 29.1 Å². The molecule has 0 spiro atoms. The molecule has 0 fully saturated rings. The number of benzene rings is 1. The van der Waals surface area contributed by atoms with Gasteiger partial charge in [0.1, 0.15) is 0 Å². The van der Waals surface area contributed by atoms with E-state index in [1.54, 1.807) is 12.1 Å². The molecule has 1 unspecified atom stereocenters. The van der Waals surface area contributed by atoms with Crippen LogP contribution in [-0.2, 0) is 0 Å². The van der Waals surface area contributed by atoms with Crippen LogP contribution >= 0.6 is 57.1 Å². The number of halogens is 3. The molecule has 0 radical (unpaired) electrons. The van der Waals surface area contributed by atoms with E-state index in [1.807, 2.05) is 25.1 Å². The number of nitrogens with one attached hydrogen (secondary N) is 1. The van der Waals surface area contributed by atoms with Crippen molar-refractivity contribution in [3.63, 3.8) is 0 Å². The Morgan fingerprint density at radius 2 is 2.05 bits per heavy atom. The first-order valence-corrected chi connectivity index (χ1v) is 8.13. The summed E-state index contributed by atoms with van der Waals surface area (Å²) in [4.78, 5) is 13.2. The Morgan fingerprint density at radius 3 is 2.68 bits per heavy atom. The number of amides is 1. The molecule has 1 amide bonds. The van der Waals surface area contributed by atoms with Crippen LogP contribution in [0.2, 0.25) is 9.36 Å². The van der Waals surface area contributed by atoms with Crippen LogP contribution in [0.4, 0.5) is 0 Å². The molecule has 19 heavy (non-hydrogen) atoms. The van der Waals surface area contributed by atoms with E-state index in [4.69, 9.17) is 23.2 Å². The van der Waals surface area contributed by atoms with Crippen molar-refractivity contribution >= 4 is 63.0 Å². The maximum atomic E-state index is 12.2. The molecule has 0 saturated carbocycles. The lowest BCUT2D eigenvalue weighted by molar-refractivity contribution is 0.0939. The molecule has 0 aliphatic rings. The smallest absolute Gasteiger partial charge is 0.252 e. The lowest BCUT2D eigenvalue weighted by Crippen LogP contribution is -2.26. The Bertz CT molecular complexity index is 614. The molecule has 1 N–H and O–H groups in total.